The van der Waals surface area contributed by atoms with Crippen molar-refractivity contribution in [2.24, 2.45) is 0 Å². The number of nitrogens with zero attached hydrogens (tertiary/aromatic N) is 3. The predicted molar refractivity (Wildman–Crippen MR) is 166 cm³/mol. The van der Waals surface area contributed by atoms with E-state index in [4.69, 9.17) is 21.3 Å². The van der Waals surface area contributed by atoms with Crippen LogP contribution in [0.5, 0.6) is 5.88 Å². The molecule has 2 aliphatic carbocycles. The average Bonchev–Trinajstić information content (AvgIpc) is 3.42. The monoisotopic (exact) mass is 584 g/mol. The van der Waals surface area contributed by atoms with E-state index in [1.54, 1.807) is 19.2 Å². The zero-order chi connectivity index (χ0) is 29.7. The second kappa shape index (κ2) is 11.0. The van der Waals surface area contributed by atoms with Crippen molar-refractivity contribution in [2.75, 3.05) is 26.5 Å². The number of likely N-dealkylation sites (N-methyl/N-ethyl adjacent to an activating group) is 1. The number of hydrogen-bond acceptors (Lipinski definition) is 5. The van der Waals surface area contributed by atoms with Gasteiger partial charge in [0.05, 0.1) is 29.1 Å². The molecule has 2 heterocycles. The van der Waals surface area contributed by atoms with Gasteiger partial charge in [0.2, 0.25) is 5.88 Å². The van der Waals surface area contributed by atoms with Crippen molar-refractivity contribution >= 4 is 23.2 Å². The lowest BCUT2D eigenvalue weighted by molar-refractivity contribution is -0.112. The molecule has 0 atom stereocenters. The van der Waals surface area contributed by atoms with E-state index in [-0.39, 0.29) is 16.5 Å². The maximum atomic E-state index is 15.5. The summed E-state index contributed by atoms with van der Waals surface area (Å²) in [5.41, 5.74) is 8.51. The van der Waals surface area contributed by atoms with Crippen molar-refractivity contribution in [3.05, 3.63) is 99.4 Å². The number of allylic oxidation sites excluding steroid dienone is 1. The quantitative estimate of drug-likeness (QED) is 0.334. The first-order chi connectivity index (χ1) is 20.2. The Balaban J connectivity index is 1.38. The molecule has 0 bridgehead atoms. The van der Waals surface area contributed by atoms with Crippen LogP contribution in [0.4, 0.5) is 10.1 Å². The Hall–Kier alpha value is -4.10. The molecule has 1 aliphatic heterocycles. The van der Waals surface area contributed by atoms with Crippen molar-refractivity contribution < 1.29 is 13.9 Å². The number of pyridine rings is 1. The number of fused-ring (bicyclic) bond motifs is 1. The number of carbonyl (C=O) groups is 1. The molecule has 1 aromatic heterocycles. The fourth-order valence-electron chi connectivity index (χ4n) is 6.14. The molecular weight excluding hydrogens is 551 g/mol. The maximum Gasteiger partial charge on any atom is 0.259 e. The molecule has 8 heteroatoms. The van der Waals surface area contributed by atoms with Crippen LogP contribution in [-0.4, -0.2) is 41.9 Å². The summed E-state index contributed by atoms with van der Waals surface area (Å²) in [7, 11) is 5.44. The third kappa shape index (κ3) is 4.66. The first kappa shape index (κ1) is 28.0. The van der Waals surface area contributed by atoms with Gasteiger partial charge in [0.1, 0.15) is 11.6 Å². The van der Waals surface area contributed by atoms with Crippen LogP contribution >= 0.6 is 11.6 Å². The largest absolute Gasteiger partial charge is 0.481 e. The van der Waals surface area contributed by atoms with Crippen LogP contribution in [-0.2, 0) is 17.6 Å². The summed E-state index contributed by atoms with van der Waals surface area (Å²) in [6, 6.07) is 10.6. The molecule has 42 heavy (non-hydrogen) atoms. The smallest absolute Gasteiger partial charge is 0.259 e. The van der Waals surface area contributed by atoms with Crippen molar-refractivity contribution in [3.63, 3.8) is 0 Å². The standard InChI is InChI=1S/C34H34ClFN4O2/c1-19-23(30-27(36)16-15-25(31(30)35)29-17-22-11-7-13-24(22)34(38-29)42-5)12-8-14-28(19)37-33(41)26-18-39(3)20(2)40(4)32(26)21-9-6-10-21/h8,12,14-18H,2,6-7,9-11,13H2,1,3-5H3,(H,37,41). The molecule has 1 fully saturated rings. The van der Waals surface area contributed by atoms with Gasteiger partial charge in [0, 0.05) is 42.7 Å². The normalized spacial score (nSPS) is 16.3. The van der Waals surface area contributed by atoms with Gasteiger partial charge in [-0.1, -0.05) is 30.3 Å². The van der Waals surface area contributed by atoms with Gasteiger partial charge in [-0.15, -0.1) is 0 Å². The number of benzene rings is 2. The number of carbonyl (C=O) groups excluding carboxylic acids is 1. The number of aromatic nitrogens is 1. The summed E-state index contributed by atoms with van der Waals surface area (Å²) in [6.45, 7) is 6.02. The highest BCUT2D eigenvalue weighted by atomic mass is 35.5. The Bertz CT molecular complexity index is 1700. The van der Waals surface area contributed by atoms with Gasteiger partial charge in [0.15, 0.2) is 0 Å². The zero-order valence-electron chi connectivity index (χ0n) is 24.4. The Morgan fingerprint density at radius 2 is 1.86 bits per heavy atom. The molecule has 0 saturated heterocycles. The molecule has 2 aromatic carbocycles. The van der Waals surface area contributed by atoms with Crippen molar-refractivity contribution in [1.29, 1.82) is 0 Å². The van der Waals surface area contributed by atoms with E-state index in [0.717, 1.165) is 55.6 Å². The van der Waals surface area contributed by atoms with Gasteiger partial charge in [-0.05, 0) is 92.0 Å². The van der Waals surface area contributed by atoms with Gasteiger partial charge in [-0.3, -0.25) is 4.79 Å². The van der Waals surface area contributed by atoms with Gasteiger partial charge < -0.3 is 19.9 Å². The molecule has 1 amide bonds. The number of aryl methyl sites for hydroxylation is 1. The van der Waals surface area contributed by atoms with E-state index in [1.807, 2.05) is 55.2 Å². The zero-order valence-corrected chi connectivity index (χ0v) is 25.2. The SMILES string of the molecule is C=C1N(C)C=C(C(=O)Nc2cccc(-c3c(F)ccc(-c4cc5c(c(OC)n4)CCC5)c3Cl)c2C)C(=C2CCC2)N1C. The molecule has 1 N–H and O–H groups in total. The molecule has 0 radical (unpaired) electrons. The minimum Gasteiger partial charge on any atom is -0.481 e. The average molecular weight is 585 g/mol. The van der Waals surface area contributed by atoms with Gasteiger partial charge in [0.25, 0.3) is 5.91 Å². The minimum atomic E-state index is -0.447. The van der Waals surface area contributed by atoms with Crippen LogP contribution in [0.2, 0.25) is 5.02 Å². The summed E-state index contributed by atoms with van der Waals surface area (Å²) in [6.07, 6.45) is 7.81. The van der Waals surface area contributed by atoms with Crippen molar-refractivity contribution in [3.8, 4) is 28.3 Å². The predicted octanol–water partition coefficient (Wildman–Crippen LogP) is 7.62. The number of hydrogen-bond donors (Lipinski definition) is 1. The molecule has 1 saturated carbocycles. The summed E-state index contributed by atoms with van der Waals surface area (Å²) < 4.78 is 21.1. The van der Waals surface area contributed by atoms with Crippen molar-refractivity contribution in [1.82, 2.24) is 14.8 Å². The molecule has 6 nitrogen and oxygen atoms in total. The number of nitrogens with one attached hydrogen (secondary N) is 1. The fourth-order valence-corrected chi connectivity index (χ4v) is 6.49. The third-order valence-electron chi connectivity index (χ3n) is 8.71. The third-order valence-corrected chi connectivity index (χ3v) is 9.10. The highest BCUT2D eigenvalue weighted by molar-refractivity contribution is 6.36. The van der Waals surface area contributed by atoms with E-state index in [0.29, 0.717) is 39.5 Å². The van der Waals surface area contributed by atoms with Crippen molar-refractivity contribution in [2.45, 2.75) is 45.4 Å². The van der Waals surface area contributed by atoms with Crippen LogP contribution in [0.1, 0.15) is 42.4 Å². The van der Waals surface area contributed by atoms with Crippen LogP contribution in [0.3, 0.4) is 0 Å². The van der Waals surface area contributed by atoms with Crippen LogP contribution in [0.15, 0.2) is 71.8 Å². The topological polar surface area (TPSA) is 57.7 Å². The minimum absolute atomic E-state index is 0.231. The fraction of sp³-hybridized carbons (Fsp3) is 0.294. The molecule has 0 unspecified atom stereocenters. The number of rotatable bonds is 5. The lowest BCUT2D eigenvalue weighted by Crippen LogP contribution is -2.36. The van der Waals surface area contributed by atoms with Gasteiger partial charge >= 0.3 is 0 Å². The Morgan fingerprint density at radius 1 is 1.10 bits per heavy atom. The summed E-state index contributed by atoms with van der Waals surface area (Å²) in [5.74, 6) is 0.721. The molecular formula is C34H34ClFN4O2. The van der Waals surface area contributed by atoms with Gasteiger partial charge in [-0.25, -0.2) is 9.37 Å². The molecule has 0 spiro atoms. The van der Waals surface area contributed by atoms with Gasteiger partial charge in [-0.2, -0.15) is 0 Å². The number of methoxy groups -OCH3 is 1. The summed E-state index contributed by atoms with van der Waals surface area (Å²) >= 11 is 6.96. The maximum absolute atomic E-state index is 15.5. The second-order valence-corrected chi connectivity index (χ2v) is 11.5. The van der Waals surface area contributed by atoms with Crippen LogP contribution in [0, 0.1) is 12.7 Å². The Labute approximate surface area is 251 Å². The molecule has 3 aromatic rings. The van der Waals surface area contributed by atoms with Crippen LogP contribution in [0.25, 0.3) is 22.4 Å². The summed E-state index contributed by atoms with van der Waals surface area (Å²) in [4.78, 5) is 22.3. The molecule has 216 valence electrons. The first-order valence-electron chi connectivity index (χ1n) is 14.3. The number of anilines is 1. The number of amides is 1. The number of halogens is 2. The van der Waals surface area contributed by atoms with E-state index in [9.17, 15) is 4.79 Å². The Kier molecular flexibility index (Phi) is 7.31. The lowest BCUT2D eigenvalue weighted by atomic mass is 9.87. The second-order valence-electron chi connectivity index (χ2n) is 11.2. The first-order valence-corrected chi connectivity index (χ1v) is 14.6. The highest BCUT2D eigenvalue weighted by Crippen LogP contribution is 2.43. The number of ether oxygens (including phenoxy) is 1. The van der Waals surface area contributed by atoms with Crippen LogP contribution < -0.4 is 10.1 Å². The summed E-state index contributed by atoms with van der Waals surface area (Å²) in [5, 5.41) is 3.36. The highest BCUT2D eigenvalue weighted by Gasteiger charge is 2.31. The van der Waals surface area contributed by atoms with E-state index in [2.05, 4.69) is 11.9 Å². The molecule has 3 aliphatic rings. The van der Waals surface area contributed by atoms with E-state index in [1.165, 1.54) is 17.2 Å². The van der Waals surface area contributed by atoms with E-state index >= 15 is 4.39 Å². The van der Waals surface area contributed by atoms with E-state index < -0.39 is 5.82 Å². The molecule has 6 rings (SSSR count). The Morgan fingerprint density at radius 3 is 2.57 bits per heavy atom. The lowest BCUT2D eigenvalue weighted by Gasteiger charge is -2.39.